The number of rotatable bonds is 5. The molecule has 3 aromatic rings. The van der Waals surface area contributed by atoms with Crippen molar-refractivity contribution < 1.29 is 14.3 Å². The summed E-state index contributed by atoms with van der Waals surface area (Å²) in [5, 5.41) is 0.557. The summed E-state index contributed by atoms with van der Waals surface area (Å²) < 4.78 is 5.70. The summed E-state index contributed by atoms with van der Waals surface area (Å²) >= 11 is 14.6. The lowest BCUT2D eigenvalue weighted by Crippen LogP contribution is -2.35. The van der Waals surface area contributed by atoms with Crippen molar-refractivity contribution in [3.05, 3.63) is 82.2 Å². The predicted molar refractivity (Wildman–Crippen MR) is 147 cm³/mol. The number of amides is 2. The lowest BCUT2D eigenvalue weighted by atomic mass is 10.2. The third-order valence-corrected chi connectivity index (χ3v) is 8.29. The van der Waals surface area contributed by atoms with Crippen LogP contribution in [-0.4, -0.2) is 34.7 Å². The lowest BCUT2D eigenvalue weighted by molar-refractivity contribution is -0.123. The highest BCUT2D eigenvalue weighted by atomic mass is 35.5. The topological polar surface area (TPSA) is 49.9 Å². The molecule has 35 heavy (non-hydrogen) atoms. The van der Waals surface area contributed by atoms with Crippen molar-refractivity contribution in [2.75, 3.05) is 18.6 Å². The fourth-order valence-corrected chi connectivity index (χ4v) is 6.40. The minimum atomic E-state index is -0.200. The number of benzene rings is 3. The molecule has 0 atom stereocenters. The molecule has 0 aliphatic carbocycles. The Kier molecular flexibility index (Phi) is 6.88. The zero-order valence-electron chi connectivity index (χ0n) is 18.6. The van der Waals surface area contributed by atoms with E-state index in [9.17, 15) is 9.59 Å². The van der Waals surface area contributed by atoms with Crippen LogP contribution in [0.5, 0.6) is 5.75 Å². The SMILES string of the molecule is COc1cccc(C=C2SC(=S)N(CCC(=O)N3c4ccccc4Sc4ccc(Cl)cc43)C2=O)c1. The van der Waals surface area contributed by atoms with Gasteiger partial charge in [0.15, 0.2) is 0 Å². The monoisotopic (exact) mass is 538 g/mol. The standard InChI is InChI=1S/C26H19ClN2O3S3/c1-32-18-6-4-5-16(13-18)14-23-25(31)28(26(33)35-23)12-11-24(30)29-19-7-2-3-8-21(19)34-22-10-9-17(27)15-20(22)29/h2-10,13-15H,11-12H2,1H3. The predicted octanol–water partition coefficient (Wildman–Crippen LogP) is 6.77. The smallest absolute Gasteiger partial charge is 0.266 e. The van der Waals surface area contributed by atoms with Crippen molar-refractivity contribution in [2.45, 2.75) is 16.2 Å². The fraction of sp³-hybridized carbons (Fsp3) is 0.115. The maximum Gasteiger partial charge on any atom is 0.266 e. The van der Waals surface area contributed by atoms with Crippen LogP contribution < -0.4 is 9.64 Å². The average Bonchev–Trinajstić information content (AvgIpc) is 3.13. The van der Waals surface area contributed by atoms with E-state index < -0.39 is 0 Å². The van der Waals surface area contributed by atoms with Gasteiger partial charge in [0.1, 0.15) is 10.1 Å². The quantitative estimate of drug-likeness (QED) is 0.264. The Morgan fingerprint density at radius 2 is 1.83 bits per heavy atom. The van der Waals surface area contributed by atoms with Gasteiger partial charge in [0.25, 0.3) is 5.91 Å². The van der Waals surface area contributed by atoms with Gasteiger partial charge in [0.05, 0.1) is 23.4 Å². The first kappa shape index (κ1) is 23.9. The van der Waals surface area contributed by atoms with Gasteiger partial charge in [-0.2, -0.15) is 0 Å². The van der Waals surface area contributed by atoms with Gasteiger partial charge in [-0.15, -0.1) is 0 Å². The number of para-hydroxylation sites is 1. The van der Waals surface area contributed by atoms with Gasteiger partial charge in [-0.25, -0.2) is 0 Å². The third-order valence-electron chi connectivity index (χ3n) is 5.55. The second-order valence-corrected chi connectivity index (χ2v) is 11.0. The Morgan fingerprint density at radius 1 is 1.03 bits per heavy atom. The molecule has 0 unspecified atom stereocenters. The molecule has 0 saturated carbocycles. The molecule has 1 fully saturated rings. The number of hydrogen-bond acceptors (Lipinski definition) is 6. The van der Waals surface area contributed by atoms with E-state index in [0.29, 0.717) is 20.0 Å². The second kappa shape index (κ2) is 10.1. The van der Waals surface area contributed by atoms with E-state index in [1.54, 1.807) is 35.9 Å². The number of anilines is 2. The summed E-state index contributed by atoms with van der Waals surface area (Å²) in [6.07, 6.45) is 1.91. The molecule has 9 heteroatoms. The van der Waals surface area contributed by atoms with Crippen molar-refractivity contribution in [2.24, 2.45) is 0 Å². The molecule has 2 aliphatic rings. The number of fused-ring (bicyclic) bond motifs is 2. The van der Waals surface area contributed by atoms with Crippen LogP contribution in [0.4, 0.5) is 11.4 Å². The van der Waals surface area contributed by atoms with Gasteiger partial charge in [0, 0.05) is 27.8 Å². The average molecular weight is 539 g/mol. The third kappa shape index (κ3) is 4.84. The highest BCUT2D eigenvalue weighted by molar-refractivity contribution is 8.26. The molecule has 0 spiro atoms. The van der Waals surface area contributed by atoms with Gasteiger partial charge in [-0.1, -0.05) is 71.6 Å². The van der Waals surface area contributed by atoms with Gasteiger partial charge >= 0.3 is 0 Å². The van der Waals surface area contributed by atoms with Gasteiger partial charge < -0.3 is 4.74 Å². The Morgan fingerprint density at radius 3 is 2.66 bits per heavy atom. The Balaban J connectivity index is 1.35. The van der Waals surface area contributed by atoms with E-state index in [4.69, 9.17) is 28.6 Å². The minimum Gasteiger partial charge on any atom is -0.497 e. The second-order valence-electron chi connectivity index (χ2n) is 7.77. The molecule has 0 N–H and O–H groups in total. The van der Waals surface area contributed by atoms with E-state index >= 15 is 0 Å². The molecule has 0 radical (unpaired) electrons. The molecule has 1 saturated heterocycles. The first-order valence-electron chi connectivity index (χ1n) is 10.7. The number of ether oxygens (including phenoxy) is 1. The number of halogens is 1. The molecule has 176 valence electrons. The van der Waals surface area contributed by atoms with Crippen molar-refractivity contribution in [3.63, 3.8) is 0 Å². The molecule has 0 bridgehead atoms. The number of hydrogen-bond donors (Lipinski definition) is 0. The molecular formula is C26H19ClN2O3S3. The lowest BCUT2D eigenvalue weighted by Gasteiger charge is -2.31. The van der Waals surface area contributed by atoms with Crippen LogP contribution in [0.15, 0.2) is 81.4 Å². The minimum absolute atomic E-state index is 0.115. The van der Waals surface area contributed by atoms with Gasteiger partial charge in [-0.3, -0.25) is 19.4 Å². The van der Waals surface area contributed by atoms with Crippen LogP contribution in [0.1, 0.15) is 12.0 Å². The first-order chi connectivity index (χ1) is 16.9. The number of thioether (sulfide) groups is 1. The molecule has 5 rings (SSSR count). The molecule has 2 amide bonds. The first-order valence-corrected chi connectivity index (χ1v) is 13.2. The van der Waals surface area contributed by atoms with Crippen LogP contribution in [0.2, 0.25) is 5.02 Å². The summed E-state index contributed by atoms with van der Waals surface area (Å²) in [6.45, 7) is 0.195. The normalized spacial score (nSPS) is 15.9. The highest BCUT2D eigenvalue weighted by Gasteiger charge is 2.34. The van der Waals surface area contributed by atoms with E-state index in [-0.39, 0.29) is 24.8 Å². The molecule has 3 aromatic carbocycles. The number of thiocarbonyl (C=S) groups is 1. The number of nitrogens with zero attached hydrogens (tertiary/aromatic N) is 2. The summed E-state index contributed by atoms with van der Waals surface area (Å²) in [4.78, 5) is 32.2. The highest BCUT2D eigenvalue weighted by Crippen LogP contribution is 2.49. The van der Waals surface area contributed by atoms with E-state index in [2.05, 4.69) is 0 Å². The summed E-state index contributed by atoms with van der Waals surface area (Å²) in [6, 6.07) is 20.8. The number of methoxy groups -OCH3 is 1. The summed E-state index contributed by atoms with van der Waals surface area (Å²) in [7, 11) is 1.60. The van der Waals surface area contributed by atoms with Crippen LogP contribution >= 0.6 is 47.3 Å². The van der Waals surface area contributed by atoms with Crippen LogP contribution in [0.25, 0.3) is 6.08 Å². The molecule has 2 aliphatic heterocycles. The van der Waals surface area contributed by atoms with Crippen molar-refractivity contribution in [3.8, 4) is 5.75 Å². The number of carbonyl (C=O) groups is 2. The van der Waals surface area contributed by atoms with E-state index in [0.717, 1.165) is 26.7 Å². The zero-order chi connectivity index (χ0) is 24.5. The van der Waals surface area contributed by atoms with Crippen molar-refractivity contribution in [1.29, 1.82) is 0 Å². The molecule has 0 aromatic heterocycles. The molecule has 5 nitrogen and oxygen atoms in total. The maximum atomic E-state index is 13.5. The van der Waals surface area contributed by atoms with Crippen LogP contribution in [0, 0.1) is 0 Å². The Labute approximate surface area is 222 Å². The zero-order valence-corrected chi connectivity index (χ0v) is 21.8. The van der Waals surface area contributed by atoms with E-state index in [1.165, 1.54) is 16.7 Å². The fourth-order valence-electron chi connectivity index (χ4n) is 3.89. The van der Waals surface area contributed by atoms with Crippen molar-refractivity contribution in [1.82, 2.24) is 4.90 Å². The van der Waals surface area contributed by atoms with Crippen LogP contribution in [-0.2, 0) is 9.59 Å². The summed E-state index contributed by atoms with van der Waals surface area (Å²) in [5.74, 6) is 0.376. The summed E-state index contributed by atoms with van der Waals surface area (Å²) in [5.41, 5.74) is 2.40. The molecular weight excluding hydrogens is 520 g/mol. The largest absolute Gasteiger partial charge is 0.497 e. The van der Waals surface area contributed by atoms with Gasteiger partial charge in [-0.05, 0) is 54.1 Å². The van der Waals surface area contributed by atoms with Gasteiger partial charge in [0.2, 0.25) is 5.91 Å². The molecule has 2 heterocycles. The Bertz CT molecular complexity index is 1390. The van der Waals surface area contributed by atoms with Crippen molar-refractivity contribution >= 4 is 80.9 Å². The van der Waals surface area contributed by atoms with E-state index in [1.807, 2.05) is 60.7 Å². The van der Waals surface area contributed by atoms with Crippen LogP contribution in [0.3, 0.4) is 0 Å². The Hall–Kier alpha value is -2.78. The number of carbonyl (C=O) groups excluding carboxylic acids is 2. The maximum absolute atomic E-state index is 13.5.